The molecule has 0 saturated heterocycles. The van der Waals surface area contributed by atoms with Gasteiger partial charge in [0.1, 0.15) is 5.75 Å². The van der Waals surface area contributed by atoms with E-state index in [9.17, 15) is 4.79 Å². The van der Waals surface area contributed by atoms with Gasteiger partial charge in [0.05, 0.1) is 24.6 Å². The molecule has 3 rings (SSSR count). The molecule has 0 unspecified atom stereocenters. The van der Waals surface area contributed by atoms with E-state index in [1.807, 2.05) is 74.4 Å². The Hall–Kier alpha value is -3.06. The van der Waals surface area contributed by atoms with Gasteiger partial charge in [-0.1, -0.05) is 12.1 Å². The molecule has 3 aromatic rings. The van der Waals surface area contributed by atoms with Crippen LogP contribution in [0.1, 0.15) is 11.3 Å². The average molecular weight is 409 g/mol. The minimum absolute atomic E-state index is 0.165. The highest BCUT2D eigenvalue weighted by atomic mass is 32.2. The van der Waals surface area contributed by atoms with Gasteiger partial charge >= 0.3 is 0 Å². The zero-order valence-electron chi connectivity index (χ0n) is 17.0. The molecule has 0 atom stereocenters. The van der Waals surface area contributed by atoms with E-state index in [1.54, 1.807) is 13.3 Å². The number of amides is 1. The number of aryl methyl sites for hydroxylation is 1. The van der Waals surface area contributed by atoms with Gasteiger partial charge in [-0.05, 0) is 48.9 Å². The highest BCUT2D eigenvalue weighted by molar-refractivity contribution is 8.00. The number of anilines is 1. The number of nitrogens with one attached hydrogen (secondary N) is 1. The van der Waals surface area contributed by atoms with Crippen molar-refractivity contribution in [3.8, 4) is 5.75 Å². The van der Waals surface area contributed by atoms with E-state index in [2.05, 4.69) is 15.5 Å². The number of hydrazone groups is 1. The monoisotopic (exact) mass is 408 g/mol. The molecule has 0 aliphatic carbocycles. The van der Waals surface area contributed by atoms with Crippen molar-refractivity contribution >= 4 is 40.5 Å². The number of rotatable bonds is 7. The molecule has 0 aliphatic rings. The molecule has 0 fully saturated rings. The van der Waals surface area contributed by atoms with Crippen LogP contribution in [0.15, 0.2) is 58.5 Å². The van der Waals surface area contributed by atoms with Crippen LogP contribution >= 0.6 is 11.8 Å². The third-order valence-electron chi connectivity index (χ3n) is 4.28. The first-order valence-corrected chi connectivity index (χ1v) is 10.1. The fourth-order valence-corrected chi connectivity index (χ4v) is 3.68. The van der Waals surface area contributed by atoms with Crippen LogP contribution in [0.5, 0.6) is 5.75 Å². The van der Waals surface area contributed by atoms with Crippen molar-refractivity contribution in [3.05, 3.63) is 59.8 Å². The maximum absolute atomic E-state index is 12.2. The quantitative estimate of drug-likeness (QED) is 0.365. The Morgan fingerprint density at radius 2 is 1.97 bits per heavy atom. The van der Waals surface area contributed by atoms with Crippen molar-refractivity contribution in [2.24, 2.45) is 5.10 Å². The summed E-state index contributed by atoms with van der Waals surface area (Å²) in [6.45, 7) is 1.94. The van der Waals surface area contributed by atoms with E-state index in [1.165, 1.54) is 11.8 Å². The lowest BCUT2D eigenvalue weighted by Gasteiger charge is -2.11. The van der Waals surface area contributed by atoms with Crippen molar-refractivity contribution in [2.45, 2.75) is 11.8 Å². The molecule has 2 aromatic carbocycles. The number of nitrogens with zero attached hydrogens (tertiary/aromatic N) is 3. The number of benzene rings is 2. The van der Waals surface area contributed by atoms with Crippen LogP contribution < -0.4 is 15.1 Å². The highest BCUT2D eigenvalue weighted by Crippen LogP contribution is 2.30. The smallest absolute Gasteiger partial charge is 0.250 e. The Morgan fingerprint density at radius 3 is 2.66 bits per heavy atom. The van der Waals surface area contributed by atoms with Gasteiger partial charge in [-0.25, -0.2) is 5.43 Å². The van der Waals surface area contributed by atoms with Gasteiger partial charge in [0.2, 0.25) is 5.91 Å². The number of hydrogen-bond donors (Lipinski definition) is 1. The highest BCUT2D eigenvalue weighted by Gasteiger charge is 2.09. The summed E-state index contributed by atoms with van der Waals surface area (Å²) in [5, 5.41) is 5.02. The van der Waals surface area contributed by atoms with Gasteiger partial charge in [-0.2, -0.15) is 5.10 Å². The first kappa shape index (κ1) is 20.7. The largest absolute Gasteiger partial charge is 0.497 e. The number of carbonyl (C=O) groups is 1. The summed E-state index contributed by atoms with van der Waals surface area (Å²) in [5.74, 6) is 0.855. The van der Waals surface area contributed by atoms with Crippen molar-refractivity contribution in [3.63, 3.8) is 0 Å². The maximum atomic E-state index is 12.2. The van der Waals surface area contributed by atoms with E-state index in [0.29, 0.717) is 0 Å². The lowest BCUT2D eigenvalue weighted by atomic mass is 10.2. The summed E-state index contributed by atoms with van der Waals surface area (Å²) in [6, 6.07) is 15.7. The van der Waals surface area contributed by atoms with Crippen LogP contribution in [-0.4, -0.2) is 44.1 Å². The molecular formula is C22H24N4O2S. The first-order valence-electron chi connectivity index (χ1n) is 9.14. The van der Waals surface area contributed by atoms with Crippen LogP contribution in [0.2, 0.25) is 0 Å². The van der Waals surface area contributed by atoms with Gasteiger partial charge in [0, 0.05) is 35.8 Å². The van der Waals surface area contributed by atoms with Crippen LogP contribution in [0, 0.1) is 6.92 Å². The fraction of sp³-hybridized carbons (Fsp3) is 0.227. The molecule has 0 saturated carbocycles. The molecular weight excluding hydrogens is 384 g/mol. The van der Waals surface area contributed by atoms with Crippen LogP contribution in [0.4, 0.5) is 5.69 Å². The Balaban J connectivity index is 1.62. The molecule has 0 spiro atoms. The zero-order valence-corrected chi connectivity index (χ0v) is 17.8. The molecule has 29 heavy (non-hydrogen) atoms. The lowest BCUT2D eigenvalue weighted by Crippen LogP contribution is -2.19. The number of ether oxygens (including phenoxy) is 1. The summed E-state index contributed by atoms with van der Waals surface area (Å²) in [6.07, 6.45) is 1.64. The van der Waals surface area contributed by atoms with Crippen molar-refractivity contribution in [1.82, 2.24) is 10.4 Å². The molecule has 0 bridgehead atoms. The Morgan fingerprint density at radius 1 is 1.21 bits per heavy atom. The molecule has 1 N–H and O–H groups in total. The Kier molecular flexibility index (Phi) is 6.72. The minimum atomic E-state index is -0.165. The molecule has 150 valence electrons. The fourth-order valence-electron chi connectivity index (χ4n) is 2.76. The Labute approximate surface area is 175 Å². The van der Waals surface area contributed by atoms with Crippen molar-refractivity contribution in [2.75, 3.05) is 31.9 Å². The lowest BCUT2D eigenvalue weighted by molar-refractivity contribution is -0.118. The van der Waals surface area contributed by atoms with Crippen LogP contribution in [0.3, 0.4) is 0 Å². The predicted molar refractivity (Wildman–Crippen MR) is 120 cm³/mol. The van der Waals surface area contributed by atoms with Gasteiger partial charge < -0.3 is 9.64 Å². The number of pyridine rings is 1. The number of thioether (sulfide) groups is 1. The third kappa shape index (κ3) is 5.48. The number of aromatic nitrogens is 1. The zero-order chi connectivity index (χ0) is 20.8. The first-order chi connectivity index (χ1) is 14.0. The number of hydrogen-bond acceptors (Lipinski definition) is 6. The van der Waals surface area contributed by atoms with Crippen molar-refractivity contribution < 1.29 is 9.53 Å². The number of methoxy groups -OCH3 is 1. The van der Waals surface area contributed by atoms with E-state index in [-0.39, 0.29) is 11.7 Å². The summed E-state index contributed by atoms with van der Waals surface area (Å²) in [4.78, 5) is 19.8. The van der Waals surface area contributed by atoms with E-state index in [0.717, 1.165) is 38.5 Å². The number of fused-ring (bicyclic) bond motifs is 1. The minimum Gasteiger partial charge on any atom is -0.497 e. The second-order valence-corrected chi connectivity index (χ2v) is 7.73. The topological polar surface area (TPSA) is 66.8 Å². The van der Waals surface area contributed by atoms with Gasteiger partial charge in [-0.15, -0.1) is 11.8 Å². The molecule has 0 radical (unpaired) electrons. The SMILES string of the molecule is COc1ccc2nc(C)cc(SCC(=O)N/N=C/c3ccc(N(C)C)cc3)c2c1. The normalized spacial score (nSPS) is 11.0. The molecule has 7 heteroatoms. The summed E-state index contributed by atoms with van der Waals surface area (Å²) < 4.78 is 5.31. The van der Waals surface area contributed by atoms with Crippen LogP contribution in [0.25, 0.3) is 10.9 Å². The van der Waals surface area contributed by atoms with E-state index in [4.69, 9.17) is 4.74 Å². The standard InChI is InChI=1S/C22H24N4O2S/c1-15-11-21(19-12-18(28-4)9-10-20(19)24-15)29-14-22(27)25-23-13-16-5-7-17(8-6-16)26(2)3/h5-13H,14H2,1-4H3,(H,25,27)/b23-13+. The van der Waals surface area contributed by atoms with E-state index >= 15 is 0 Å². The predicted octanol–water partition coefficient (Wildman–Crippen LogP) is 3.86. The van der Waals surface area contributed by atoms with Gasteiger partial charge in [0.25, 0.3) is 0 Å². The van der Waals surface area contributed by atoms with Crippen molar-refractivity contribution in [1.29, 1.82) is 0 Å². The molecule has 1 amide bonds. The molecule has 6 nitrogen and oxygen atoms in total. The molecule has 1 aromatic heterocycles. The molecule has 1 heterocycles. The second kappa shape index (κ2) is 9.43. The van der Waals surface area contributed by atoms with E-state index < -0.39 is 0 Å². The summed E-state index contributed by atoms with van der Waals surface area (Å²) in [5.41, 5.74) is 6.41. The van der Waals surface area contributed by atoms with Gasteiger partial charge in [-0.3, -0.25) is 9.78 Å². The third-order valence-corrected chi connectivity index (χ3v) is 5.33. The molecule has 0 aliphatic heterocycles. The summed E-state index contributed by atoms with van der Waals surface area (Å²) >= 11 is 1.46. The Bertz CT molecular complexity index is 1030. The number of carbonyl (C=O) groups excluding carboxylic acids is 1. The van der Waals surface area contributed by atoms with Gasteiger partial charge in [0.15, 0.2) is 0 Å². The second-order valence-electron chi connectivity index (χ2n) is 6.71. The van der Waals surface area contributed by atoms with Crippen LogP contribution in [-0.2, 0) is 4.79 Å². The average Bonchev–Trinajstić information content (AvgIpc) is 2.72. The maximum Gasteiger partial charge on any atom is 0.250 e. The summed E-state index contributed by atoms with van der Waals surface area (Å²) in [7, 11) is 5.62.